The third-order valence-electron chi connectivity index (χ3n) is 5.22. The summed E-state index contributed by atoms with van der Waals surface area (Å²) < 4.78 is 0. The summed E-state index contributed by atoms with van der Waals surface area (Å²) in [6, 6.07) is 10.8. The zero-order chi connectivity index (χ0) is 14.0. The van der Waals surface area contributed by atoms with E-state index in [1.54, 1.807) is 0 Å². The van der Waals surface area contributed by atoms with Crippen LogP contribution in [-0.2, 0) is 5.54 Å². The molecule has 1 aromatic carbocycles. The third kappa shape index (κ3) is 2.62. The molecule has 0 bridgehead atoms. The van der Waals surface area contributed by atoms with E-state index in [0.717, 1.165) is 24.6 Å². The maximum Gasteiger partial charge on any atom is 0.0773 e. The van der Waals surface area contributed by atoms with Gasteiger partial charge in [0, 0.05) is 12.6 Å². The van der Waals surface area contributed by atoms with Crippen molar-refractivity contribution in [2.75, 3.05) is 19.7 Å². The zero-order valence-electron chi connectivity index (χ0n) is 12.2. The van der Waals surface area contributed by atoms with Crippen molar-refractivity contribution in [3.63, 3.8) is 0 Å². The SMILES string of the molecule is NC(CO)(CN1CCCC2CCCC21)c1ccccc1. The first-order chi connectivity index (χ1) is 9.73. The van der Waals surface area contributed by atoms with E-state index < -0.39 is 5.54 Å². The highest BCUT2D eigenvalue weighted by molar-refractivity contribution is 5.24. The van der Waals surface area contributed by atoms with E-state index in [1.807, 2.05) is 30.3 Å². The molecule has 3 heteroatoms. The first-order valence-electron chi connectivity index (χ1n) is 7.92. The summed E-state index contributed by atoms with van der Waals surface area (Å²) in [7, 11) is 0. The van der Waals surface area contributed by atoms with Crippen LogP contribution in [0.15, 0.2) is 30.3 Å². The summed E-state index contributed by atoms with van der Waals surface area (Å²) in [6.45, 7) is 1.91. The van der Waals surface area contributed by atoms with Gasteiger partial charge in [0.15, 0.2) is 0 Å². The number of hydrogen-bond donors (Lipinski definition) is 2. The maximum atomic E-state index is 9.86. The van der Waals surface area contributed by atoms with Crippen LogP contribution >= 0.6 is 0 Å². The minimum absolute atomic E-state index is 0.00486. The molecule has 1 aromatic rings. The Morgan fingerprint density at radius 1 is 1.15 bits per heavy atom. The van der Waals surface area contributed by atoms with Gasteiger partial charge in [-0.2, -0.15) is 0 Å². The smallest absolute Gasteiger partial charge is 0.0773 e. The molecule has 110 valence electrons. The van der Waals surface area contributed by atoms with Crippen LogP contribution in [0.2, 0.25) is 0 Å². The van der Waals surface area contributed by atoms with E-state index in [4.69, 9.17) is 5.73 Å². The van der Waals surface area contributed by atoms with Gasteiger partial charge in [0.05, 0.1) is 12.1 Å². The second-order valence-corrected chi connectivity index (χ2v) is 6.55. The molecule has 0 radical (unpaired) electrons. The fourth-order valence-corrected chi connectivity index (χ4v) is 4.12. The molecule has 1 aliphatic carbocycles. The molecule has 1 saturated heterocycles. The Labute approximate surface area is 121 Å². The maximum absolute atomic E-state index is 9.86. The standard InChI is InChI=1S/C17H26N2O/c18-17(13-20,15-8-2-1-3-9-15)12-19-11-5-7-14-6-4-10-16(14)19/h1-3,8-9,14,16,20H,4-7,10-13,18H2. The molecule has 2 fully saturated rings. The number of aliphatic hydroxyl groups is 1. The number of piperidine rings is 1. The van der Waals surface area contributed by atoms with Crippen molar-refractivity contribution in [3.8, 4) is 0 Å². The minimum Gasteiger partial charge on any atom is -0.394 e. The predicted molar refractivity (Wildman–Crippen MR) is 81.3 cm³/mol. The average Bonchev–Trinajstić information content (AvgIpc) is 2.98. The molecule has 3 atom stereocenters. The van der Waals surface area contributed by atoms with Gasteiger partial charge in [0.25, 0.3) is 0 Å². The van der Waals surface area contributed by atoms with Gasteiger partial charge in [-0.15, -0.1) is 0 Å². The summed E-state index contributed by atoms with van der Waals surface area (Å²) in [5, 5.41) is 9.86. The lowest BCUT2D eigenvalue weighted by molar-refractivity contribution is 0.0641. The quantitative estimate of drug-likeness (QED) is 0.884. The number of rotatable bonds is 4. The van der Waals surface area contributed by atoms with Crippen molar-refractivity contribution in [3.05, 3.63) is 35.9 Å². The van der Waals surface area contributed by atoms with Crippen LogP contribution in [0.1, 0.15) is 37.7 Å². The number of hydrogen-bond acceptors (Lipinski definition) is 3. The van der Waals surface area contributed by atoms with E-state index in [-0.39, 0.29) is 6.61 Å². The van der Waals surface area contributed by atoms with Gasteiger partial charge < -0.3 is 10.8 Å². The topological polar surface area (TPSA) is 49.5 Å². The van der Waals surface area contributed by atoms with Gasteiger partial charge in [0.1, 0.15) is 0 Å². The second-order valence-electron chi connectivity index (χ2n) is 6.55. The van der Waals surface area contributed by atoms with Crippen LogP contribution in [0.5, 0.6) is 0 Å². The fraction of sp³-hybridized carbons (Fsp3) is 0.647. The summed E-state index contributed by atoms with van der Waals surface area (Å²) in [5.41, 5.74) is 6.95. The summed E-state index contributed by atoms with van der Waals surface area (Å²) in [6.07, 6.45) is 6.69. The summed E-state index contributed by atoms with van der Waals surface area (Å²) in [5.74, 6) is 0.863. The van der Waals surface area contributed by atoms with Gasteiger partial charge in [-0.25, -0.2) is 0 Å². The van der Waals surface area contributed by atoms with Crippen LogP contribution in [0.4, 0.5) is 0 Å². The van der Waals surface area contributed by atoms with Crippen molar-refractivity contribution >= 4 is 0 Å². The second kappa shape index (κ2) is 5.84. The van der Waals surface area contributed by atoms with Crippen LogP contribution < -0.4 is 5.73 Å². The molecule has 3 N–H and O–H groups in total. The molecule has 20 heavy (non-hydrogen) atoms. The number of benzene rings is 1. The molecule has 3 nitrogen and oxygen atoms in total. The third-order valence-corrected chi connectivity index (χ3v) is 5.22. The Kier molecular flexibility index (Phi) is 4.11. The number of fused-ring (bicyclic) bond motifs is 1. The highest BCUT2D eigenvalue weighted by Gasteiger charge is 2.38. The molecule has 2 aliphatic rings. The molecule has 0 aromatic heterocycles. The lowest BCUT2D eigenvalue weighted by Gasteiger charge is -2.42. The first kappa shape index (κ1) is 14.1. The van der Waals surface area contributed by atoms with Crippen LogP contribution in [-0.4, -0.2) is 35.7 Å². The highest BCUT2D eigenvalue weighted by atomic mass is 16.3. The highest BCUT2D eigenvalue weighted by Crippen LogP contribution is 2.37. The van der Waals surface area contributed by atoms with Crippen molar-refractivity contribution in [1.29, 1.82) is 0 Å². The van der Waals surface area contributed by atoms with Crippen molar-refractivity contribution in [1.82, 2.24) is 4.90 Å². The van der Waals surface area contributed by atoms with Gasteiger partial charge >= 0.3 is 0 Å². The van der Waals surface area contributed by atoms with Crippen LogP contribution in [0.25, 0.3) is 0 Å². The number of aliphatic hydroxyl groups excluding tert-OH is 1. The number of nitrogens with zero attached hydrogens (tertiary/aromatic N) is 1. The van der Waals surface area contributed by atoms with E-state index >= 15 is 0 Å². The molecule has 1 aliphatic heterocycles. The van der Waals surface area contributed by atoms with E-state index in [2.05, 4.69) is 4.90 Å². The zero-order valence-corrected chi connectivity index (χ0v) is 12.2. The molecule has 0 spiro atoms. The van der Waals surface area contributed by atoms with Gasteiger partial charge in [-0.05, 0) is 43.7 Å². The Hall–Kier alpha value is -0.900. The van der Waals surface area contributed by atoms with Crippen molar-refractivity contribution < 1.29 is 5.11 Å². The van der Waals surface area contributed by atoms with Gasteiger partial charge in [-0.3, -0.25) is 4.90 Å². The number of nitrogens with two attached hydrogens (primary N) is 1. The summed E-state index contributed by atoms with van der Waals surface area (Å²) in [4.78, 5) is 2.55. The van der Waals surface area contributed by atoms with Gasteiger partial charge in [0.2, 0.25) is 0 Å². The molecule has 0 amide bonds. The Morgan fingerprint density at radius 3 is 2.65 bits per heavy atom. The fourth-order valence-electron chi connectivity index (χ4n) is 4.12. The van der Waals surface area contributed by atoms with Crippen molar-refractivity contribution in [2.24, 2.45) is 11.7 Å². The normalized spacial score (nSPS) is 29.9. The molecular formula is C17H26N2O. The Balaban J connectivity index is 1.77. The lowest BCUT2D eigenvalue weighted by Crippen LogP contribution is -2.55. The van der Waals surface area contributed by atoms with E-state index in [9.17, 15) is 5.11 Å². The minimum atomic E-state index is -0.633. The predicted octanol–water partition coefficient (Wildman–Crippen LogP) is 2.10. The molecule has 1 saturated carbocycles. The molecular weight excluding hydrogens is 248 g/mol. The van der Waals surface area contributed by atoms with Gasteiger partial charge in [-0.1, -0.05) is 36.8 Å². The largest absolute Gasteiger partial charge is 0.394 e. The summed E-state index contributed by atoms with van der Waals surface area (Å²) >= 11 is 0. The van der Waals surface area contributed by atoms with E-state index in [0.29, 0.717) is 6.04 Å². The monoisotopic (exact) mass is 274 g/mol. The number of likely N-dealkylation sites (tertiary alicyclic amines) is 1. The lowest BCUT2D eigenvalue weighted by atomic mass is 9.87. The molecule has 1 heterocycles. The van der Waals surface area contributed by atoms with Crippen molar-refractivity contribution in [2.45, 2.75) is 43.7 Å². The molecule has 3 unspecified atom stereocenters. The van der Waals surface area contributed by atoms with Crippen LogP contribution in [0.3, 0.4) is 0 Å². The van der Waals surface area contributed by atoms with E-state index in [1.165, 1.54) is 32.1 Å². The Morgan fingerprint density at radius 2 is 1.90 bits per heavy atom. The molecule has 3 rings (SSSR count). The average molecular weight is 274 g/mol. The first-order valence-corrected chi connectivity index (χ1v) is 7.92. The Bertz CT molecular complexity index is 436. The van der Waals surface area contributed by atoms with Crippen LogP contribution in [0, 0.1) is 5.92 Å².